The molecule has 1 unspecified atom stereocenters. The number of hydrogen-bond acceptors (Lipinski definition) is 4. The van der Waals surface area contributed by atoms with Gasteiger partial charge in [-0.3, -0.25) is 9.59 Å². The van der Waals surface area contributed by atoms with E-state index in [0.717, 1.165) is 12.0 Å². The number of carbonyl (C=O) groups excluding carboxylic acids is 3. The Hall–Kier alpha value is -2.37. The fourth-order valence-electron chi connectivity index (χ4n) is 1.62. The molecule has 0 saturated carbocycles. The molecule has 0 spiro atoms. The molecule has 0 fully saturated rings. The van der Waals surface area contributed by atoms with Gasteiger partial charge in [-0.05, 0) is 31.0 Å². The Morgan fingerprint density at radius 2 is 1.82 bits per heavy atom. The highest BCUT2D eigenvalue weighted by atomic mass is 16.5. The lowest BCUT2D eigenvalue weighted by Gasteiger charge is -2.11. The van der Waals surface area contributed by atoms with Gasteiger partial charge in [-0.25, -0.2) is 4.79 Å². The maximum absolute atomic E-state index is 11.8. The summed E-state index contributed by atoms with van der Waals surface area (Å²) in [7, 11) is 0. The second-order valence-corrected chi connectivity index (χ2v) is 5.06. The van der Waals surface area contributed by atoms with Gasteiger partial charge in [0.15, 0.2) is 6.61 Å². The first kappa shape index (κ1) is 17.7. The zero-order valence-corrected chi connectivity index (χ0v) is 13.1. The van der Waals surface area contributed by atoms with Crippen LogP contribution in [0.3, 0.4) is 0 Å². The molecule has 2 amide bonds. The number of hydrogen-bond donors (Lipinski definition) is 2. The van der Waals surface area contributed by atoms with Gasteiger partial charge in [-0.1, -0.05) is 19.1 Å². The topological polar surface area (TPSA) is 84.5 Å². The van der Waals surface area contributed by atoms with Crippen LogP contribution in [0, 0.1) is 0 Å². The van der Waals surface area contributed by atoms with Crippen molar-refractivity contribution in [3.05, 3.63) is 35.4 Å². The molecular weight excluding hydrogens is 284 g/mol. The number of rotatable bonds is 7. The van der Waals surface area contributed by atoms with Crippen LogP contribution in [-0.4, -0.2) is 30.4 Å². The highest BCUT2D eigenvalue weighted by Crippen LogP contribution is 2.06. The highest BCUT2D eigenvalue weighted by molar-refractivity contribution is 5.91. The second-order valence-electron chi connectivity index (χ2n) is 5.06. The van der Waals surface area contributed by atoms with Gasteiger partial charge in [0.05, 0.1) is 5.56 Å². The molecule has 0 radical (unpaired) electrons. The minimum atomic E-state index is -0.551. The Morgan fingerprint density at radius 3 is 2.36 bits per heavy atom. The maximum Gasteiger partial charge on any atom is 0.338 e. The van der Waals surface area contributed by atoms with Crippen LogP contribution in [0.25, 0.3) is 0 Å². The van der Waals surface area contributed by atoms with Crippen LogP contribution in [0.4, 0.5) is 0 Å². The van der Waals surface area contributed by atoms with Crippen molar-refractivity contribution >= 4 is 17.8 Å². The molecule has 6 heteroatoms. The Morgan fingerprint density at radius 1 is 1.18 bits per heavy atom. The van der Waals surface area contributed by atoms with Crippen molar-refractivity contribution in [1.82, 2.24) is 10.6 Å². The van der Waals surface area contributed by atoms with Crippen LogP contribution in [0.5, 0.6) is 0 Å². The lowest BCUT2D eigenvalue weighted by Crippen LogP contribution is -2.35. The molecule has 1 atom stereocenters. The second kappa shape index (κ2) is 8.81. The van der Waals surface area contributed by atoms with Crippen molar-refractivity contribution < 1.29 is 19.1 Å². The van der Waals surface area contributed by atoms with Crippen molar-refractivity contribution in [2.45, 2.75) is 39.8 Å². The molecule has 120 valence electrons. The molecule has 2 N–H and O–H groups in total. The Kier molecular flexibility index (Phi) is 7.08. The van der Waals surface area contributed by atoms with Crippen molar-refractivity contribution in [2.75, 3.05) is 6.61 Å². The van der Waals surface area contributed by atoms with E-state index < -0.39 is 5.97 Å². The summed E-state index contributed by atoms with van der Waals surface area (Å²) < 4.78 is 4.95. The van der Waals surface area contributed by atoms with Crippen LogP contribution in [0.2, 0.25) is 0 Å². The summed E-state index contributed by atoms with van der Waals surface area (Å²) in [5.74, 6) is -0.980. The Labute approximate surface area is 130 Å². The third-order valence-electron chi connectivity index (χ3n) is 3.09. The lowest BCUT2D eigenvalue weighted by molar-refractivity contribution is -0.124. The number of amides is 2. The molecule has 6 nitrogen and oxygen atoms in total. The lowest BCUT2D eigenvalue weighted by atomic mass is 10.1. The van der Waals surface area contributed by atoms with E-state index in [9.17, 15) is 14.4 Å². The minimum absolute atomic E-state index is 0.0549. The molecule has 0 aromatic heterocycles. The van der Waals surface area contributed by atoms with E-state index in [2.05, 4.69) is 10.6 Å². The first-order valence-electron chi connectivity index (χ1n) is 7.22. The van der Waals surface area contributed by atoms with E-state index in [0.29, 0.717) is 12.1 Å². The fourth-order valence-corrected chi connectivity index (χ4v) is 1.62. The summed E-state index contributed by atoms with van der Waals surface area (Å²) >= 11 is 0. The van der Waals surface area contributed by atoms with Gasteiger partial charge in [-0.15, -0.1) is 0 Å². The van der Waals surface area contributed by atoms with Gasteiger partial charge < -0.3 is 15.4 Å². The van der Waals surface area contributed by atoms with Crippen molar-refractivity contribution in [3.63, 3.8) is 0 Å². The van der Waals surface area contributed by atoms with Crippen molar-refractivity contribution in [3.8, 4) is 0 Å². The van der Waals surface area contributed by atoms with Gasteiger partial charge in [0.1, 0.15) is 0 Å². The molecule has 1 aromatic carbocycles. The van der Waals surface area contributed by atoms with E-state index >= 15 is 0 Å². The van der Waals surface area contributed by atoms with Crippen molar-refractivity contribution in [1.29, 1.82) is 0 Å². The molecule has 1 aromatic rings. The number of benzene rings is 1. The largest absolute Gasteiger partial charge is 0.452 e. The summed E-state index contributed by atoms with van der Waals surface area (Å²) in [5, 5.41) is 5.38. The van der Waals surface area contributed by atoms with Crippen molar-refractivity contribution in [2.24, 2.45) is 0 Å². The van der Waals surface area contributed by atoms with E-state index in [1.807, 2.05) is 13.8 Å². The highest BCUT2D eigenvalue weighted by Gasteiger charge is 2.11. The molecule has 22 heavy (non-hydrogen) atoms. The summed E-state index contributed by atoms with van der Waals surface area (Å²) in [4.78, 5) is 34.1. The summed E-state index contributed by atoms with van der Waals surface area (Å²) in [6, 6.07) is 6.72. The normalized spacial score (nSPS) is 11.4. The average Bonchev–Trinajstić information content (AvgIpc) is 2.50. The quantitative estimate of drug-likeness (QED) is 0.746. The molecular formula is C16H22N2O4. The monoisotopic (exact) mass is 306 g/mol. The Bertz CT molecular complexity index is 525. The van der Waals surface area contributed by atoms with Crippen LogP contribution < -0.4 is 10.6 Å². The number of carbonyl (C=O) groups is 3. The number of ether oxygens (including phenoxy) is 1. The maximum atomic E-state index is 11.8. The van der Waals surface area contributed by atoms with Gasteiger partial charge in [0.25, 0.3) is 5.91 Å². The molecule has 0 saturated heterocycles. The molecule has 0 aliphatic heterocycles. The first-order chi connectivity index (χ1) is 10.4. The molecule has 1 rings (SSSR count). The predicted molar refractivity (Wildman–Crippen MR) is 82.1 cm³/mol. The van der Waals surface area contributed by atoms with Gasteiger partial charge in [-0.2, -0.15) is 0 Å². The van der Waals surface area contributed by atoms with E-state index in [1.165, 1.54) is 6.92 Å². The molecule has 0 heterocycles. The van der Waals surface area contributed by atoms with Gasteiger partial charge >= 0.3 is 5.97 Å². The van der Waals surface area contributed by atoms with E-state index in [-0.39, 0.29) is 24.5 Å². The summed E-state index contributed by atoms with van der Waals surface area (Å²) in [5.41, 5.74) is 1.24. The number of esters is 1. The van der Waals surface area contributed by atoms with Gasteiger partial charge in [0.2, 0.25) is 5.91 Å². The minimum Gasteiger partial charge on any atom is -0.452 e. The number of nitrogens with one attached hydrogen (secondary N) is 2. The van der Waals surface area contributed by atoms with E-state index in [4.69, 9.17) is 4.74 Å². The molecule has 0 bridgehead atoms. The third kappa shape index (κ3) is 6.39. The predicted octanol–water partition coefficient (Wildman–Crippen LogP) is 1.39. The van der Waals surface area contributed by atoms with Gasteiger partial charge in [0, 0.05) is 19.5 Å². The Balaban J connectivity index is 2.45. The molecule has 0 aliphatic carbocycles. The van der Waals surface area contributed by atoms with Crippen LogP contribution in [-0.2, 0) is 20.9 Å². The average molecular weight is 306 g/mol. The summed E-state index contributed by atoms with van der Waals surface area (Å²) in [6.07, 6.45) is 0.815. The van der Waals surface area contributed by atoms with Crippen LogP contribution >= 0.6 is 0 Å². The molecule has 0 aliphatic rings. The first-order valence-corrected chi connectivity index (χ1v) is 7.22. The third-order valence-corrected chi connectivity index (χ3v) is 3.09. The van der Waals surface area contributed by atoms with Crippen LogP contribution in [0.15, 0.2) is 24.3 Å². The zero-order valence-electron chi connectivity index (χ0n) is 13.1. The standard InChI is InChI=1S/C16H22N2O4/c1-4-11(2)18-15(20)10-22-16(21)14-7-5-13(6-8-14)9-17-12(3)19/h5-8,11H,4,9-10H2,1-3H3,(H,17,19)(H,18,20). The smallest absolute Gasteiger partial charge is 0.338 e. The summed E-state index contributed by atoms with van der Waals surface area (Å²) in [6.45, 7) is 5.39. The van der Waals surface area contributed by atoms with Crippen LogP contribution in [0.1, 0.15) is 43.1 Å². The zero-order chi connectivity index (χ0) is 16.5. The SMILES string of the molecule is CCC(C)NC(=O)COC(=O)c1ccc(CNC(C)=O)cc1. The fraction of sp³-hybridized carbons (Fsp3) is 0.438. The van der Waals surface area contributed by atoms with E-state index in [1.54, 1.807) is 24.3 Å².